The smallest absolute Gasteiger partial charge is 0.226 e. The van der Waals surface area contributed by atoms with Crippen molar-refractivity contribution in [1.29, 1.82) is 0 Å². The molecule has 0 bridgehead atoms. The van der Waals surface area contributed by atoms with Gasteiger partial charge in [0.15, 0.2) is 0 Å². The molecule has 2 unspecified atom stereocenters. The van der Waals surface area contributed by atoms with Crippen molar-refractivity contribution in [3.8, 4) is 0 Å². The highest BCUT2D eigenvalue weighted by Crippen LogP contribution is 2.20. The number of primary amides is 2. The van der Waals surface area contributed by atoms with Crippen molar-refractivity contribution in [2.24, 2.45) is 23.3 Å². The maximum atomic E-state index is 12.6. The number of hydrogen-bond acceptors (Lipinski definition) is 4. The Hall–Kier alpha value is -2.93. The molecule has 3 amide bonds. The number of carbonyl (C=O) groups excluding carboxylic acids is 3. The molecule has 5 N–H and O–H groups in total. The second kappa shape index (κ2) is 8.96. The van der Waals surface area contributed by atoms with E-state index in [1.165, 1.54) is 7.11 Å². The molecule has 26 heavy (non-hydrogen) atoms. The third-order valence-electron chi connectivity index (χ3n) is 4.29. The first-order valence-corrected chi connectivity index (χ1v) is 8.25. The van der Waals surface area contributed by atoms with Gasteiger partial charge in [-0.1, -0.05) is 42.5 Å². The Labute approximate surface area is 151 Å². The van der Waals surface area contributed by atoms with Gasteiger partial charge in [-0.25, -0.2) is 0 Å². The van der Waals surface area contributed by atoms with Crippen LogP contribution in [0.5, 0.6) is 0 Å². The summed E-state index contributed by atoms with van der Waals surface area (Å²) in [6, 6.07) is 13.7. The quantitative estimate of drug-likeness (QED) is 0.611. The molecule has 0 fully saturated rings. The lowest BCUT2D eigenvalue weighted by molar-refractivity contribution is -0.137. The van der Waals surface area contributed by atoms with E-state index < -0.39 is 29.6 Å². The Bertz CT molecular complexity index is 801. The van der Waals surface area contributed by atoms with Gasteiger partial charge in [0.1, 0.15) is 0 Å². The van der Waals surface area contributed by atoms with Crippen LogP contribution in [0.1, 0.15) is 12.0 Å². The second-order valence-corrected chi connectivity index (χ2v) is 6.10. The Morgan fingerprint density at radius 2 is 1.73 bits per heavy atom. The molecule has 0 saturated heterocycles. The van der Waals surface area contributed by atoms with E-state index in [1.54, 1.807) is 0 Å². The van der Waals surface area contributed by atoms with Gasteiger partial charge in [-0.2, -0.15) is 0 Å². The van der Waals surface area contributed by atoms with E-state index in [9.17, 15) is 14.4 Å². The van der Waals surface area contributed by atoms with Crippen LogP contribution in [-0.2, 0) is 25.7 Å². The van der Waals surface area contributed by atoms with Gasteiger partial charge in [0.25, 0.3) is 0 Å². The molecule has 2 aromatic carbocycles. The lowest BCUT2D eigenvalue weighted by atomic mass is 9.88. The molecule has 2 atom stereocenters. The highest BCUT2D eigenvalue weighted by molar-refractivity contribution is 5.91. The lowest BCUT2D eigenvalue weighted by Crippen LogP contribution is -2.43. The van der Waals surface area contributed by atoms with Crippen LogP contribution in [0.25, 0.3) is 10.8 Å². The van der Waals surface area contributed by atoms with Crippen LogP contribution in [0.4, 0.5) is 0 Å². The van der Waals surface area contributed by atoms with Crippen molar-refractivity contribution in [2.75, 3.05) is 13.7 Å². The number of nitrogens with one attached hydrogen (secondary N) is 1. The predicted molar refractivity (Wildman–Crippen MR) is 97.7 cm³/mol. The van der Waals surface area contributed by atoms with Crippen LogP contribution < -0.4 is 16.8 Å². The summed E-state index contributed by atoms with van der Waals surface area (Å²) in [5.41, 5.74) is 11.5. The average molecular weight is 357 g/mol. The largest absolute Gasteiger partial charge is 0.384 e. The number of benzene rings is 2. The summed E-state index contributed by atoms with van der Waals surface area (Å²) in [6.07, 6.45) is -0.301. The van der Waals surface area contributed by atoms with Crippen LogP contribution in [0, 0.1) is 11.8 Å². The Balaban J connectivity index is 2.16. The van der Waals surface area contributed by atoms with Gasteiger partial charge >= 0.3 is 0 Å². The van der Waals surface area contributed by atoms with Gasteiger partial charge in [0.2, 0.25) is 17.7 Å². The normalized spacial score (nSPS) is 13.1. The number of methoxy groups -OCH3 is 1. The number of fused-ring (bicyclic) bond motifs is 1. The fourth-order valence-corrected chi connectivity index (χ4v) is 2.97. The van der Waals surface area contributed by atoms with E-state index in [0.717, 1.165) is 16.3 Å². The van der Waals surface area contributed by atoms with Crippen molar-refractivity contribution in [2.45, 2.75) is 13.0 Å². The van der Waals surface area contributed by atoms with Gasteiger partial charge in [-0.3, -0.25) is 14.4 Å². The number of ether oxygens (including phenoxy) is 1. The lowest BCUT2D eigenvalue weighted by Gasteiger charge is -2.22. The molecule has 138 valence electrons. The summed E-state index contributed by atoms with van der Waals surface area (Å²) in [4.78, 5) is 35.5. The van der Waals surface area contributed by atoms with E-state index in [0.29, 0.717) is 0 Å². The van der Waals surface area contributed by atoms with Crippen molar-refractivity contribution in [3.05, 3.63) is 48.0 Å². The van der Waals surface area contributed by atoms with Gasteiger partial charge < -0.3 is 21.5 Å². The van der Waals surface area contributed by atoms with Crippen LogP contribution in [0.2, 0.25) is 0 Å². The third kappa shape index (κ3) is 4.80. The molecule has 2 aromatic rings. The molecule has 0 aliphatic carbocycles. The van der Waals surface area contributed by atoms with Crippen molar-refractivity contribution in [3.63, 3.8) is 0 Å². The van der Waals surface area contributed by atoms with Gasteiger partial charge in [-0.15, -0.1) is 0 Å². The van der Waals surface area contributed by atoms with E-state index in [-0.39, 0.29) is 19.6 Å². The fraction of sp³-hybridized carbons (Fsp3) is 0.316. The van der Waals surface area contributed by atoms with E-state index in [2.05, 4.69) is 5.32 Å². The average Bonchev–Trinajstić information content (AvgIpc) is 2.62. The first kappa shape index (κ1) is 19.4. The Morgan fingerprint density at radius 3 is 2.38 bits per heavy atom. The number of amides is 3. The van der Waals surface area contributed by atoms with E-state index in [4.69, 9.17) is 16.2 Å². The molecule has 0 heterocycles. The molecule has 0 aliphatic heterocycles. The van der Waals surface area contributed by atoms with E-state index >= 15 is 0 Å². The maximum absolute atomic E-state index is 12.6. The van der Waals surface area contributed by atoms with Crippen molar-refractivity contribution in [1.82, 2.24) is 5.32 Å². The van der Waals surface area contributed by atoms with Crippen LogP contribution in [0.3, 0.4) is 0 Å². The summed E-state index contributed by atoms with van der Waals surface area (Å²) in [5.74, 6) is -3.77. The number of nitrogens with two attached hydrogens (primary N) is 2. The third-order valence-corrected chi connectivity index (χ3v) is 4.29. The molecule has 0 radical (unpaired) electrons. The summed E-state index contributed by atoms with van der Waals surface area (Å²) < 4.78 is 5.04. The minimum atomic E-state index is -1.01. The summed E-state index contributed by atoms with van der Waals surface area (Å²) in [7, 11) is 1.41. The second-order valence-electron chi connectivity index (χ2n) is 6.10. The zero-order chi connectivity index (χ0) is 19.1. The SMILES string of the molecule is COCC(C(=O)NCc1cccc2ccccc12)C(CC(N)=O)C(N)=O. The fourth-order valence-electron chi connectivity index (χ4n) is 2.97. The number of hydrogen-bond donors (Lipinski definition) is 3. The van der Waals surface area contributed by atoms with Gasteiger partial charge in [-0.05, 0) is 16.3 Å². The Kier molecular flexibility index (Phi) is 6.68. The van der Waals surface area contributed by atoms with E-state index in [1.807, 2.05) is 42.5 Å². The monoisotopic (exact) mass is 357 g/mol. The molecular formula is C19H23N3O4. The van der Waals surface area contributed by atoms with Gasteiger partial charge in [0.05, 0.1) is 18.4 Å². The zero-order valence-electron chi connectivity index (χ0n) is 14.6. The van der Waals surface area contributed by atoms with Crippen molar-refractivity contribution >= 4 is 28.5 Å². The van der Waals surface area contributed by atoms with Gasteiger partial charge in [0, 0.05) is 20.1 Å². The number of rotatable bonds is 9. The first-order chi connectivity index (χ1) is 12.4. The molecule has 0 spiro atoms. The molecule has 0 aromatic heterocycles. The van der Waals surface area contributed by atoms with Crippen LogP contribution >= 0.6 is 0 Å². The van der Waals surface area contributed by atoms with Crippen molar-refractivity contribution < 1.29 is 19.1 Å². The molecule has 0 saturated carbocycles. The standard InChI is InChI=1S/C19H23N3O4/c1-26-11-16(15(18(21)24)9-17(20)23)19(25)22-10-13-7-4-6-12-5-2-3-8-14(12)13/h2-8,15-16H,9-11H2,1H3,(H2,20,23)(H2,21,24)(H,22,25). The highest BCUT2D eigenvalue weighted by atomic mass is 16.5. The summed E-state index contributed by atoms with van der Waals surface area (Å²) >= 11 is 0. The minimum Gasteiger partial charge on any atom is -0.384 e. The summed E-state index contributed by atoms with van der Waals surface area (Å²) in [5, 5.41) is 4.90. The molecule has 7 heteroatoms. The maximum Gasteiger partial charge on any atom is 0.226 e. The minimum absolute atomic E-state index is 0.0394. The molecule has 7 nitrogen and oxygen atoms in total. The summed E-state index contributed by atoms with van der Waals surface area (Å²) in [6.45, 7) is 0.241. The zero-order valence-corrected chi connectivity index (χ0v) is 14.6. The van der Waals surface area contributed by atoms with Crippen LogP contribution in [-0.4, -0.2) is 31.4 Å². The predicted octanol–water partition coefficient (Wildman–Crippen LogP) is 0.696. The molecule has 2 rings (SSSR count). The molecule has 0 aliphatic rings. The number of carbonyl (C=O) groups is 3. The highest BCUT2D eigenvalue weighted by Gasteiger charge is 2.33. The van der Waals surface area contributed by atoms with Crippen LogP contribution in [0.15, 0.2) is 42.5 Å². The first-order valence-electron chi connectivity index (χ1n) is 8.25. The topological polar surface area (TPSA) is 125 Å². The Morgan fingerprint density at radius 1 is 1.04 bits per heavy atom. The molecular weight excluding hydrogens is 334 g/mol.